The Bertz CT molecular complexity index is 2110. The molecule has 188 valence electrons. The van der Waals surface area contributed by atoms with Crippen LogP contribution in [0.3, 0.4) is 0 Å². The van der Waals surface area contributed by atoms with E-state index in [0.717, 1.165) is 0 Å². The van der Waals surface area contributed by atoms with Gasteiger partial charge in [0.15, 0.2) is 0 Å². The average molecular weight is 511 g/mol. The maximum Gasteiger partial charge on any atom is 0.0541 e. The summed E-state index contributed by atoms with van der Waals surface area (Å²) in [5.74, 6) is 0. The molecule has 0 saturated carbocycles. The van der Waals surface area contributed by atoms with Gasteiger partial charge in [-0.1, -0.05) is 103 Å². The topological polar surface area (TPSA) is 17.0 Å². The summed E-state index contributed by atoms with van der Waals surface area (Å²) in [5.41, 5.74) is 15.0. The van der Waals surface area contributed by atoms with Crippen LogP contribution in [0.15, 0.2) is 133 Å². The van der Waals surface area contributed by atoms with Gasteiger partial charge in [-0.15, -0.1) is 0 Å². The Morgan fingerprint density at radius 1 is 0.550 bits per heavy atom. The molecule has 40 heavy (non-hydrogen) atoms. The molecular formula is C38H26N2. The number of fused-ring (bicyclic) bond motifs is 8. The number of nitrogens with one attached hydrogen (secondary N) is 1. The van der Waals surface area contributed by atoms with Gasteiger partial charge in [0.1, 0.15) is 0 Å². The molecule has 1 aromatic heterocycles. The first-order valence-electron chi connectivity index (χ1n) is 14.0. The fourth-order valence-electron chi connectivity index (χ4n) is 7.48. The lowest BCUT2D eigenvalue weighted by Gasteiger charge is -2.37. The molecule has 0 saturated heterocycles. The molecule has 0 spiro atoms. The van der Waals surface area contributed by atoms with Gasteiger partial charge in [-0.05, 0) is 70.6 Å². The van der Waals surface area contributed by atoms with E-state index in [4.69, 9.17) is 0 Å². The van der Waals surface area contributed by atoms with Crippen LogP contribution in [0.1, 0.15) is 23.6 Å². The molecule has 9 rings (SSSR count). The highest BCUT2D eigenvalue weighted by Gasteiger charge is 2.46. The van der Waals surface area contributed by atoms with Crippen LogP contribution < -0.4 is 5.32 Å². The quantitative estimate of drug-likeness (QED) is 0.245. The predicted octanol–water partition coefficient (Wildman–Crippen LogP) is 9.84. The van der Waals surface area contributed by atoms with Crippen molar-refractivity contribution in [3.63, 3.8) is 0 Å². The van der Waals surface area contributed by atoms with Crippen molar-refractivity contribution in [3.8, 4) is 27.9 Å². The summed E-state index contributed by atoms with van der Waals surface area (Å²) in [4.78, 5) is 0. The largest absolute Gasteiger partial charge is 0.354 e. The van der Waals surface area contributed by atoms with Crippen LogP contribution in [0.5, 0.6) is 0 Å². The van der Waals surface area contributed by atoms with Crippen molar-refractivity contribution in [2.24, 2.45) is 0 Å². The molecule has 1 unspecified atom stereocenters. The van der Waals surface area contributed by atoms with E-state index in [-0.39, 0.29) is 5.41 Å². The third-order valence-corrected chi connectivity index (χ3v) is 9.18. The van der Waals surface area contributed by atoms with Crippen LogP contribution in [-0.2, 0) is 5.41 Å². The zero-order chi connectivity index (χ0) is 26.4. The minimum Gasteiger partial charge on any atom is -0.354 e. The molecule has 6 aromatic carbocycles. The summed E-state index contributed by atoms with van der Waals surface area (Å²) in [6, 6.07) is 48.8. The van der Waals surface area contributed by atoms with Gasteiger partial charge in [0.05, 0.1) is 16.7 Å². The van der Waals surface area contributed by atoms with E-state index in [1.165, 1.54) is 77.8 Å². The van der Waals surface area contributed by atoms with E-state index < -0.39 is 0 Å². The van der Waals surface area contributed by atoms with Crippen molar-refractivity contribution >= 4 is 33.2 Å². The molecule has 2 nitrogen and oxygen atoms in total. The Morgan fingerprint density at radius 3 is 2.00 bits per heavy atom. The average Bonchev–Trinajstić information content (AvgIpc) is 3.49. The molecule has 0 radical (unpaired) electrons. The minimum atomic E-state index is -0.205. The Balaban J connectivity index is 1.28. The zero-order valence-corrected chi connectivity index (χ0v) is 22.1. The van der Waals surface area contributed by atoms with Crippen molar-refractivity contribution in [3.05, 3.63) is 150 Å². The number of rotatable bonds is 2. The first kappa shape index (κ1) is 21.8. The van der Waals surface area contributed by atoms with E-state index in [0.29, 0.717) is 0 Å². The summed E-state index contributed by atoms with van der Waals surface area (Å²) in [6.45, 7) is 2.40. The molecule has 1 atom stereocenters. The maximum atomic E-state index is 3.89. The molecule has 0 amide bonds. The lowest BCUT2D eigenvalue weighted by Crippen LogP contribution is -2.28. The molecule has 1 aliphatic carbocycles. The Labute approximate surface area is 233 Å². The molecule has 0 fully saturated rings. The molecule has 7 aromatic rings. The second-order valence-corrected chi connectivity index (χ2v) is 11.2. The Kier molecular flexibility index (Phi) is 4.22. The zero-order valence-electron chi connectivity index (χ0n) is 22.1. The van der Waals surface area contributed by atoms with Gasteiger partial charge in [-0.2, -0.15) is 0 Å². The highest BCUT2D eigenvalue weighted by molar-refractivity contribution is 6.09. The molecule has 1 N–H and O–H groups in total. The second-order valence-electron chi connectivity index (χ2n) is 11.2. The number of hydrogen-bond acceptors (Lipinski definition) is 1. The lowest BCUT2D eigenvalue weighted by molar-refractivity contribution is 0.710. The van der Waals surface area contributed by atoms with E-state index in [2.05, 4.69) is 150 Å². The smallest absolute Gasteiger partial charge is 0.0541 e. The normalized spacial score (nSPS) is 16.4. The van der Waals surface area contributed by atoms with Crippen molar-refractivity contribution in [2.45, 2.75) is 12.3 Å². The molecule has 2 heteroatoms. The van der Waals surface area contributed by atoms with E-state index in [9.17, 15) is 0 Å². The number of hydrogen-bond donors (Lipinski definition) is 1. The van der Waals surface area contributed by atoms with Gasteiger partial charge in [0.25, 0.3) is 0 Å². The standard InChI is InChI=1S/C38H26N2/c1-38-31-18-5-2-13-27(31)30-17-10-20-33(36(30)38)39-37-26(16-9-19-32(37)38)24-11-8-12-25(23-24)40-34-21-6-3-14-28(34)29-15-4-7-22-35(29)40/h2-23,39H,1H3. The van der Waals surface area contributed by atoms with Crippen molar-refractivity contribution in [1.29, 1.82) is 0 Å². The number of benzene rings is 6. The summed E-state index contributed by atoms with van der Waals surface area (Å²) < 4.78 is 2.40. The molecule has 1 aliphatic heterocycles. The Hall–Kier alpha value is -5.08. The number of aromatic nitrogens is 1. The summed E-state index contributed by atoms with van der Waals surface area (Å²) in [5, 5.41) is 6.45. The van der Waals surface area contributed by atoms with Gasteiger partial charge >= 0.3 is 0 Å². The lowest BCUT2D eigenvalue weighted by atomic mass is 9.70. The van der Waals surface area contributed by atoms with Crippen LogP contribution in [0, 0.1) is 0 Å². The van der Waals surface area contributed by atoms with Gasteiger partial charge in [-0.25, -0.2) is 0 Å². The third-order valence-electron chi connectivity index (χ3n) is 9.18. The first-order valence-corrected chi connectivity index (χ1v) is 14.0. The number of nitrogens with zero attached hydrogens (tertiary/aromatic N) is 1. The van der Waals surface area contributed by atoms with E-state index in [1.54, 1.807) is 0 Å². The van der Waals surface area contributed by atoms with Gasteiger partial charge in [0.2, 0.25) is 0 Å². The van der Waals surface area contributed by atoms with Crippen LogP contribution in [0.4, 0.5) is 11.4 Å². The van der Waals surface area contributed by atoms with Crippen LogP contribution in [-0.4, -0.2) is 4.57 Å². The fourth-order valence-corrected chi connectivity index (χ4v) is 7.48. The predicted molar refractivity (Wildman–Crippen MR) is 167 cm³/mol. The van der Waals surface area contributed by atoms with E-state index >= 15 is 0 Å². The fraction of sp³-hybridized carbons (Fsp3) is 0.0526. The molecule has 0 bridgehead atoms. The van der Waals surface area contributed by atoms with E-state index in [1.807, 2.05) is 0 Å². The third kappa shape index (κ3) is 2.68. The highest BCUT2D eigenvalue weighted by atomic mass is 15.0. The number of para-hydroxylation sites is 3. The van der Waals surface area contributed by atoms with Crippen LogP contribution in [0.2, 0.25) is 0 Å². The molecular weight excluding hydrogens is 484 g/mol. The van der Waals surface area contributed by atoms with Gasteiger partial charge in [-0.3, -0.25) is 0 Å². The molecule has 2 heterocycles. The Morgan fingerprint density at radius 2 is 1.18 bits per heavy atom. The highest BCUT2D eigenvalue weighted by Crippen LogP contribution is 2.60. The molecule has 2 aliphatic rings. The minimum absolute atomic E-state index is 0.205. The van der Waals surface area contributed by atoms with Crippen molar-refractivity contribution < 1.29 is 0 Å². The summed E-state index contributed by atoms with van der Waals surface area (Å²) in [6.07, 6.45) is 0. The summed E-state index contributed by atoms with van der Waals surface area (Å²) in [7, 11) is 0. The van der Waals surface area contributed by atoms with Crippen LogP contribution >= 0.6 is 0 Å². The number of anilines is 2. The van der Waals surface area contributed by atoms with Crippen molar-refractivity contribution in [2.75, 3.05) is 5.32 Å². The van der Waals surface area contributed by atoms with Gasteiger partial charge in [0, 0.05) is 33.1 Å². The second kappa shape index (κ2) is 7.74. The monoisotopic (exact) mass is 510 g/mol. The van der Waals surface area contributed by atoms with Gasteiger partial charge < -0.3 is 9.88 Å². The van der Waals surface area contributed by atoms with Crippen LogP contribution in [0.25, 0.3) is 49.7 Å². The maximum absolute atomic E-state index is 3.89. The van der Waals surface area contributed by atoms with Crippen molar-refractivity contribution in [1.82, 2.24) is 4.57 Å². The summed E-state index contributed by atoms with van der Waals surface area (Å²) >= 11 is 0. The first-order chi connectivity index (χ1) is 19.7. The SMILES string of the molecule is CC12c3ccccc3-c3cccc(c31)Nc1c(-c3cccc(-n4c5ccccc5c5ccccc54)c3)cccc12.